The van der Waals surface area contributed by atoms with E-state index in [2.05, 4.69) is 4.90 Å². The molecule has 112 valence electrons. The van der Waals surface area contributed by atoms with E-state index in [1.54, 1.807) is 0 Å². The lowest BCUT2D eigenvalue weighted by molar-refractivity contribution is 0.0655. The van der Waals surface area contributed by atoms with Crippen molar-refractivity contribution in [3.05, 3.63) is 36.1 Å². The van der Waals surface area contributed by atoms with Crippen molar-refractivity contribution in [2.24, 2.45) is 5.92 Å². The minimum absolute atomic E-state index is 0.0293. The summed E-state index contributed by atoms with van der Waals surface area (Å²) >= 11 is 0. The molecule has 0 saturated carbocycles. The number of rotatable bonds is 4. The van der Waals surface area contributed by atoms with Gasteiger partial charge in [0.15, 0.2) is 5.76 Å². The van der Waals surface area contributed by atoms with Crippen LogP contribution in [0.5, 0.6) is 0 Å². The zero-order chi connectivity index (χ0) is 14.8. The van der Waals surface area contributed by atoms with Crippen LogP contribution in [0.2, 0.25) is 0 Å². The van der Waals surface area contributed by atoms with E-state index in [1.807, 2.05) is 37.3 Å². The van der Waals surface area contributed by atoms with Gasteiger partial charge in [-0.1, -0.05) is 18.2 Å². The summed E-state index contributed by atoms with van der Waals surface area (Å²) in [5, 5.41) is 10.6. The number of ketones is 1. The number of hydrogen-bond acceptors (Lipinski definition) is 4. The number of carbonyl (C=O) groups is 1. The highest BCUT2D eigenvalue weighted by molar-refractivity contribution is 5.98. The number of furan rings is 1. The van der Waals surface area contributed by atoms with Gasteiger partial charge < -0.3 is 9.52 Å². The van der Waals surface area contributed by atoms with Crippen LogP contribution in [0.25, 0.3) is 11.0 Å². The summed E-state index contributed by atoms with van der Waals surface area (Å²) < 4.78 is 5.61. The van der Waals surface area contributed by atoms with Crippen molar-refractivity contribution >= 4 is 16.8 Å². The Balaban J connectivity index is 1.62. The third-order valence-corrected chi connectivity index (χ3v) is 4.38. The van der Waals surface area contributed by atoms with Gasteiger partial charge >= 0.3 is 0 Å². The van der Waals surface area contributed by atoms with Crippen molar-refractivity contribution in [3.63, 3.8) is 0 Å². The number of fused-ring (bicyclic) bond motifs is 1. The second-order valence-corrected chi connectivity index (χ2v) is 5.93. The average molecular weight is 287 g/mol. The van der Waals surface area contributed by atoms with Gasteiger partial charge in [-0.2, -0.15) is 0 Å². The minimum Gasteiger partial charge on any atom is -0.453 e. The lowest BCUT2D eigenvalue weighted by atomic mass is 9.92. The third-order valence-electron chi connectivity index (χ3n) is 4.38. The Morgan fingerprint density at radius 1 is 1.38 bits per heavy atom. The summed E-state index contributed by atoms with van der Waals surface area (Å²) in [4.78, 5) is 14.5. The number of hydrogen-bond donors (Lipinski definition) is 1. The maximum Gasteiger partial charge on any atom is 0.211 e. The summed E-state index contributed by atoms with van der Waals surface area (Å²) in [5.41, 5.74) is 0.758. The molecule has 1 aromatic carbocycles. The molecule has 1 unspecified atom stereocenters. The summed E-state index contributed by atoms with van der Waals surface area (Å²) in [7, 11) is 0. The number of likely N-dealkylation sites (tertiary alicyclic amines) is 1. The molecule has 0 bridgehead atoms. The van der Waals surface area contributed by atoms with Gasteiger partial charge in [0, 0.05) is 5.39 Å². The molecule has 0 amide bonds. The Morgan fingerprint density at radius 3 is 2.76 bits per heavy atom. The van der Waals surface area contributed by atoms with Gasteiger partial charge in [-0.25, -0.2) is 0 Å². The SMILES string of the molecule is CC(O)C1CCN(CC(=O)c2cc3ccccc3o2)CC1. The Bertz CT molecular complexity index is 591. The number of Topliss-reactive ketones (excluding diaryl/α,β-unsaturated/α-hetero) is 1. The number of nitrogens with zero attached hydrogens (tertiary/aromatic N) is 1. The number of carbonyl (C=O) groups excluding carboxylic acids is 1. The van der Waals surface area contributed by atoms with E-state index in [0.717, 1.165) is 36.9 Å². The molecule has 4 nitrogen and oxygen atoms in total. The lowest BCUT2D eigenvalue weighted by Crippen LogP contribution is -2.39. The van der Waals surface area contributed by atoms with Crippen molar-refractivity contribution in [2.75, 3.05) is 19.6 Å². The molecular weight excluding hydrogens is 266 g/mol. The molecule has 0 aliphatic carbocycles. The van der Waals surface area contributed by atoms with Crippen LogP contribution in [0.3, 0.4) is 0 Å². The van der Waals surface area contributed by atoms with E-state index in [9.17, 15) is 9.90 Å². The second kappa shape index (κ2) is 6.00. The predicted molar refractivity (Wildman–Crippen MR) is 81.4 cm³/mol. The highest BCUT2D eigenvalue weighted by Gasteiger charge is 2.24. The average Bonchev–Trinajstić information content (AvgIpc) is 2.92. The van der Waals surface area contributed by atoms with Crippen LogP contribution >= 0.6 is 0 Å². The summed E-state index contributed by atoms with van der Waals surface area (Å²) in [6, 6.07) is 9.48. The van der Waals surface area contributed by atoms with Gasteiger partial charge in [0.1, 0.15) is 5.58 Å². The number of piperidine rings is 1. The van der Waals surface area contributed by atoms with Gasteiger partial charge in [-0.05, 0) is 50.9 Å². The molecule has 1 fully saturated rings. The molecule has 1 N–H and O–H groups in total. The number of para-hydroxylation sites is 1. The summed E-state index contributed by atoms with van der Waals surface area (Å²) in [6.45, 7) is 3.97. The molecule has 1 aliphatic heterocycles. The third kappa shape index (κ3) is 3.17. The first-order valence-corrected chi connectivity index (χ1v) is 7.55. The monoisotopic (exact) mass is 287 g/mol. The predicted octanol–water partition coefficient (Wildman–Crippen LogP) is 2.71. The zero-order valence-electron chi connectivity index (χ0n) is 12.3. The van der Waals surface area contributed by atoms with Gasteiger partial charge in [0.25, 0.3) is 0 Å². The fourth-order valence-corrected chi connectivity index (χ4v) is 2.99. The van der Waals surface area contributed by atoms with E-state index in [4.69, 9.17) is 4.42 Å². The van der Waals surface area contributed by atoms with Gasteiger partial charge in [-0.15, -0.1) is 0 Å². The number of aliphatic hydroxyl groups is 1. The number of aliphatic hydroxyl groups excluding tert-OH is 1. The van der Waals surface area contributed by atoms with Crippen LogP contribution in [0, 0.1) is 5.92 Å². The molecule has 1 atom stereocenters. The van der Waals surface area contributed by atoms with E-state index in [-0.39, 0.29) is 11.9 Å². The molecule has 21 heavy (non-hydrogen) atoms. The number of benzene rings is 1. The molecule has 3 rings (SSSR count). The Kier molecular flexibility index (Phi) is 4.08. The first kappa shape index (κ1) is 14.3. The molecule has 0 spiro atoms. The highest BCUT2D eigenvalue weighted by Crippen LogP contribution is 2.22. The topological polar surface area (TPSA) is 53.7 Å². The fourth-order valence-electron chi connectivity index (χ4n) is 2.99. The van der Waals surface area contributed by atoms with Crippen molar-refractivity contribution in [1.29, 1.82) is 0 Å². The Morgan fingerprint density at radius 2 is 2.10 bits per heavy atom. The largest absolute Gasteiger partial charge is 0.453 e. The molecule has 1 saturated heterocycles. The van der Waals surface area contributed by atoms with Crippen LogP contribution in [0.1, 0.15) is 30.3 Å². The van der Waals surface area contributed by atoms with Gasteiger partial charge in [-0.3, -0.25) is 9.69 Å². The van der Waals surface area contributed by atoms with Crippen LogP contribution in [0.15, 0.2) is 34.7 Å². The Hall–Kier alpha value is -1.65. The van der Waals surface area contributed by atoms with Gasteiger partial charge in [0.2, 0.25) is 5.78 Å². The highest BCUT2D eigenvalue weighted by atomic mass is 16.3. The van der Waals surface area contributed by atoms with Gasteiger partial charge in [0.05, 0.1) is 12.6 Å². The molecular formula is C17H21NO3. The first-order chi connectivity index (χ1) is 10.1. The molecule has 4 heteroatoms. The van der Waals surface area contributed by atoms with E-state index in [0.29, 0.717) is 18.2 Å². The molecule has 2 heterocycles. The van der Waals surface area contributed by atoms with Crippen LogP contribution < -0.4 is 0 Å². The zero-order valence-corrected chi connectivity index (χ0v) is 12.3. The fraction of sp³-hybridized carbons (Fsp3) is 0.471. The maximum atomic E-state index is 12.3. The minimum atomic E-state index is -0.252. The first-order valence-electron chi connectivity index (χ1n) is 7.55. The van der Waals surface area contributed by atoms with E-state index in [1.165, 1.54) is 0 Å². The second-order valence-electron chi connectivity index (χ2n) is 5.93. The van der Waals surface area contributed by atoms with Crippen LogP contribution in [0.4, 0.5) is 0 Å². The summed E-state index contributed by atoms with van der Waals surface area (Å²) in [6.07, 6.45) is 1.65. The molecule has 0 radical (unpaired) electrons. The quantitative estimate of drug-likeness (QED) is 0.878. The van der Waals surface area contributed by atoms with Crippen molar-refractivity contribution in [1.82, 2.24) is 4.90 Å². The smallest absolute Gasteiger partial charge is 0.211 e. The van der Waals surface area contributed by atoms with Crippen molar-refractivity contribution in [2.45, 2.75) is 25.9 Å². The van der Waals surface area contributed by atoms with Crippen LogP contribution in [-0.4, -0.2) is 41.5 Å². The lowest BCUT2D eigenvalue weighted by Gasteiger charge is -2.32. The maximum absolute atomic E-state index is 12.3. The van der Waals surface area contributed by atoms with Crippen LogP contribution in [-0.2, 0) is 0 Å². The molecule has 1 aromatic heterocycles. The van der Waals surface area contributed by atoms with E-state index >= 15 is 0 Å². The molecule has 2 aromatic rings. The van der Waals surface area contributed by atoms with Crippen molar-refractivity contribution < 1.29 is 14.3 Å². The van der Waals surface area contributed by atoms with E-state index < -0.39 is 0 Å². The summed E-state index contributed by atoms with van der Waals surface area (Å²) in [5.74, 6) is 0.832. The normalized spacial score (nSPS) is 19.0. The Labute approximate surface area is 124 Å². The van der Waals surface area contributed by atoms with Crippen molar-refractivity contribution in [3.8, 4) is 0 Å². The molecule has 1 aliphatic rings. The standard InChI is InChI=1S/C17H21NO3/c1-12(19)13-6-8-18(9-7-13)11-15(20)17-10-14-4-2-3-5-16(14)21-17/h2-5,10,12-13,19H,6-9,11H2,1H3.